The van der Waals surface area contributed by atoms with Crippen molar-refractivity contribution in [2.24, 2.45) is 5.41 Å². The molecule has 0 spiro atoms. The van der Waals surface area contributed by atoms with Crippen molar-refractivity contribution in [2.45, 2.75) is 39.5 Å². The predicted octanol–water partition coefficient (Wildman–Crippen LogP) is 4.30. The molecule has 180 valence electrons. The van der Waals surface area contributed by atoms with E-state index in [-0.39, 0.29) is 22.5 Å². The Labute approximate surface area is 202 Å². The van der Waals surface area contributed by atoms with Gasteiger partial charge in [0.2, 0.25) is 0 Å². The molecule has 0 saturated heterocycles. The molecule has 8 heteroatoms. The molecule has 8 nitrogen and oxygen atoms in total. The number of rotatable bonds is 4. The van der Waals surface area contributed by atoms with E-state index >= 15 is 0 Å². The molecular formula is C27H27N3O5. The van der Waals surface area contributed by atoms with Gasteiger partial charge < -0.3 is 14.8 Å². The quantitative estimate of drug-likeness (QED) is 0.433. The molecule has 1 aromatic heterocycles. The maximum Gasteiger partial charge on any atom is 0.308 e. The molecule has 0 amide bonds. The van der Waals surface area contributed by atoms with Crippen molar-refractivity contribution in [2.75, 3.05) is 12.4 Å². The number of nitrogens with one attached hydrogen (secondary N) is 2. The van der Waals surface area contributed by atoms with Gasteiger partial charge in [-0.2, -0.15) is 0 Å². The molecule has 0 fully saturated rings. The minimum absolute atomic E-state index is 0.00860. The number of hydrogen-bond acceptors (Lipinski definition) is 6. The van der Waals surface area contributed by atoms with Crippen molar-refractivity contribution in [3.05, 3.63) is 81.3 Å². The number of allylic oxidation sites excluding steroid dienone is 2. The Kier molecular flexibility index (Phi) is 5.39. The molecule has 2 aliphatic rings. The molecule has 0 unspecified atom stereocenters. The Morgan fingerprint density at radius 2 is 1.80 bits per heavy atom. The van der Waals surface area contributed by atoms with E-state index in [4.69, 9.17) is 9.47 Å². The third-order valence-corrected chi connectivity index (χ3v) is 6.49. The Bertz CT molecular complexity index is 1430. The maximum absolute atomic E-state index is 13.7. The summed E-state index contributed by atoms with van der Waals surface area (Å²) in [6, 6.07) is 14.4. The lowest BCUT2D eigenvalue weighted by Gasteiger charge is -2.37. The van der Waals surface area contributed by atoms with Crippen molar-refractivity contribution < 1.29 is 19.1 Å². The summed E-state index contributed by atoms with van der Waals surface area (Å²) in [7, 11) is 1.48. The van der Waals surface area contributed by atoms with Gasteiger partial charge in [0, 0.05) is 30.5 Å². The fourth-order valence-corrected chi connectivity index (χ4v) is 5.08. The molecule has 1 aliphatic heterocycles. The van der Waals surface area contributed by atoms with Crippen LogP contribution in [-0.2, 0) is 9.59 Å². The lowest BCUT2D eigenvalue weighted by molar-refractivity contribution is -0.132. The van der Waals surface area contributed by atoms with Crippen LogP contribution < -0.4 is 20.3 Å². The molecule has 0 saturated carbocycles. The van der Waals surface area contributed by atoms with Gasteiger partial charge in [0.05, 0.1) is 18.4 Å². The first kappa shape index (κ1) is 22.7. The van der Waals surface area contributed by atoms with Crippen molar-refractivity contribution in [3.63, 3.8) is 0 Å². The van der Waals surface area contributed by atoms with Crippen LogP contribution in [0.3, 0.4) is 0 Å². The van der Waals surface area contributed by atoms with Crippen molar-refractivity contribution >= 4 is 17.6 Å². The molecule has 0 bridgehead atoms. The molecule has 35 heavy (non-hydrogen) atoms. The highest BCUT2D eigenvalue weighted by molar-refractivity contribution is 6.01. The predicted molar refractivity (Wildman–Crippen MR) is 131 cm³/mol. The standard InChI is InChI=1S/C27H27N3O5/c1-15(31)35-20-11-10-16(12-21(20)34-4)22-23-18(13-27(2,3)14-19(23)32)28-25-24(22)26(33)30(29-25)17-8-6-5-7-9-17/h5-12,22,28-29H,13-14H2,1-4H3/t22-/m1/s1. The molecule has 2 N–H and O–H groups in total. The zero-order chi connectivity index (χ0) is 24.9. The first-order chi connectivity index (χ1) is 16.7. The molecule has 3 aromatic rings. The van der Waals surface area contributed by atoms with E-state index in [0.29, 0.717) is 46.8 Å². The summed E-state index contributed by atoms with van der Waals surface area (Å²) in [5, 5.41) is 6.57. The summed E-state index contributed by atoms with van der Waals surface area (Å²) < 4.78 is 12.2. The number of hydrogen-bond donors (Lipinski definition) is 2. The zero-order valence-electron chi connectivity index (χ0n) is 20.1. The fourth-order valence-electron chi connectivity index (χ4n) is 5.08. The van der Waals surface area contributed by atoms with Crippen LogP contribution in [0.25, 0.3) is 5.69 Å². The summed E-state index contributed by atoms with van der Waals surface area (Å²) in [5.74, 6) is 0.136. The minimum atomic E-state index is -0.598. The Morgan fingerprint density at radius 3 is 2.49 bits per heavy atom. The fraction of sp³-hybridized carbons (Fsp3) is 0.296. The Hall–Kier alpha value is -4.07. The summed E-state index contributed by atoms with van der Waals surface area (Å²) in [6.45, 7) is 5.45. The lowest BCUT2D eigenvalue weighted by Crippen LogP contribution is -2.35. The number of nitrogens with zero attached hydrogens (tertiary/aromatic N) is 1. The van der Waals surface area contributed by atoms with Crippen LogP contribution in [0.1, 0.15) is 50.7 Å². The van der Waals surface area contributed by atoms with Gasteiger partial charge in [-0.15, -0.1) is 0 Å². The van der Waals surface area contributed by atoms with Gasteiger partial charge >= 0.3 is 5.97 Å². The van der Waals surface area contributed by atoms with Crippen LogP contribution in [0, 0.1) is 5.41 Å². The largest absolute Gasteiger partial charge is 0.493 e. The van der Waals surface area contributed by atoms with Crippen LogP contribution in [-0.4, -0.2) is 28.6 Å². The summed E-state index contributed by atoms with van der Waals surface area (Å²) in [5.41, 5.74) is 2.82. The Balaban J connectivity index is 1.72. The normalized spacial score (nSPS) is 18.4. The van der Waals surface area contributed by atoms with Gasteiger partial charge in [0.1, 0.15) is 5.82 Å². The number of esters is 1. The van der Waals surface area contributed by atoms with Gasteiger partial charge in [-0.3, -0.25) is 19.5 Å². The number of ketones is 1. The molecule has 0 radical (unpaired) electrons. The average Bonchev–Trinajstić information content (AvgIpc) is 3.13. The van der Waals surface area contributed by atoms with Crippen molar-refractivity contribution in [1.82, 2.24) is 9.78 Å². The number of Topliss-reactive ketones (excluding diaryl/α,β-unsaturated/α-hetero) is 1. The van der Waals surface area contributed by atoms with E-state index in [1.54, 1.807) is 18.2 Å². The van der Waals surface area contributed by atoms with Crippen LogP contribution in [0.4, 0.5) is 5.82 Å². The van der Waals surface area contributed by atoms with Gasteiger partial charge in [-0.1, -0.05) is 38.1 Å². The van der Waals surface area contributed by atoms with Crippen LogP contribution in [0.15, 0.2) is 64.6 Å². The van der Waals surface area contributed by atoms with Crippen molar-refractivity contribution in [1.29, 1.82) is 0 Å². The van der Waals surface area contributed by atoms with E-state index in [1.807, 2.05) is 30.3 Å². The number of ether oxygens (including phenoxy) is 2. The number of carbonyl (C=O) groups is 2. The van der Waals surface area contributed by atoms with E-state index in [2.05, 4.69) is 24.3 Å². The smallest absolute Gasteiger partial charge is 0.308 e. The van der Waals surface area contributed by atoms with Crippen LogP contribution in [0.5, 0.6) is 11.5 Å². The van der Waals surface area contributed by atoms with E-state index in [1.165, 1.54) is 18.7 Å². The molecule has 2 heterocycles. The summed E-state index contributed by atoms with van der Waals surface area (Å²) in [6.07, 6.45) is 1.06. The van der Waals surface area contributed by atoms with Gasteiger partial charge in [0.25, 0.3) is 5.56 Å². The first-order valence-corrected chi connectivity index (χ1v) is 11.5. The second-order valence-electron chi connectivity index (χ2n) is 9.77. The Morgan fingerprint density at radius 1 is 1.06 bits per heavy atom. The molecule has 2 aromatic carbocycles. The highest BCUT2D eigenvalue weighted by Gasteiger charge is 2.43. The highest BCUT2D eigenvalue weighted by Crippen LogP contribution is 2.48. The molecular weight excluding hydrogens is 446 g/mol. The number of methoxy groups -OCH3 is 1. The van der Waals surface area contributed by atoms with Gasteiger partial charge in [-0.05, 0) is 41.7 Å². The van der Waals surface area contributed by atoms with Crippen LogP contribution in [0.2, 0.25) is 0 Å². The van der Waals surface area contributed by atoms with E-state index in [0.717, 1.165) is 5.70 Å². The number of benzene rings is 2. The zero-order valence-corrected chi connectivity index (χ0v) is 20.1. The number of carbonyl (C=O) groups excluding carboxylic acids is 2. The molecule has 1 atom stereocenters. The highest BCUT2D eigenvalue weighted by atomic mass is 16.6. The lowest BCUT2D eigenvalue weighted by atomic mass is 9.69. The topological polar surface area (TPSA) is 102 Å². The van der Waals surface area contributed by atoms with E-state index < -0.39 is 11.9 Å². The third-order valence-electron chi connectivity index (χ3n) is 6.49. The summed E-state index contributed by atoms with van der Waals surface area (Å²) >= 11 is 0. The first-order valence-electron chi connectivity index (χ1n) is 11.5. The average molecular weight is 474 g/mol. The second-order valence-corrected chi connectivity index (χ2v) is 9.77. The molecule has 5 rings (SSSR count). The number of aromatic amines is 1. The number of para-hydroxylation sites is 1. The maximum atomic E-state index is 13.7. The number of anilines is 1. The third kappa shape index (κ3) is 3.95. The van der Waals surface area contributed by atoms with Gasteiger partial charge in [0.15, 0.2) is 17.3 Å². The number of fused-ring (bicyclic) bond motifs is 1. The summed E-state index contributed by atoms with van der Waals surface area (Å²) in [4.78, 5) is 38.7. The number of aromatic nitrogens is 2. The van der Waals surface area contributed by atoms with E-state index in [9.17, 15) is 14.4 Å². The van der Waals surface area contributed by atoms with Crippen molar-refractivity contribution in [3.8, 4) is 17.2 Å². The number of H-pyrrole nitrogens is 1. The minimum Gasteiger partial charge on any atom is -0.493 e. The second kappa shape index (κ2) is 8.30. The van der Waals surface area contributed by atoms with Crippen LogP contribution >= 0.6 is 0 Å². The SMILES string of the molecule is COc1cc([C@@H]2C3=C(CC(C)(C)CC3=O)Nc3[nH]n(-c4ccccc4)c(=O)c32)ccc1OC(C)=O. The molecule has 1 aliphatic carbocycles. The van der Waals surface area contributed by atoms with Gasteiger partial charge in [-0.25, -0.2) is 4.68 Å². The monoisotopic (exact) mass is 473 g/mol.